The summed E-state index contributed by atoms with van der Waals surface area (Å²) >= 11 is 0. The summed E-state index contributed by atoms with van der Waals surface area (Å²) < 4.78 is 4.59. The van der Waals surface area contributed by atoms with E-state index in [9.17, 15) is 9.59 Å². The Hall–Kier alpha value is -2.18. The normalized spacial score (nSPS) is 16.2. The Labute approximate surface area is 123 Å². The van der Waals surface area contributed by atoms with Crippen LogP contribution in [0.3, 0.4) is 0 Å². The predicted octanol–water partition coefficient (Wildman–Crippen LogP) is 1.08. The number of hydrogen-bond acceptors (Lipinski definition) is 6. The highest BCUT2D eigenvalue weighted by Gasteiger charge is 2.22. The highest BCUT2D eigenvalue weighted by molar-refractivity contribution is 5.87. The third-order valence-corrected chi connectivity index (χ3v) is 3.43. The molecule has 1 aromatic rings. The van der Waals surface area contributed by atoms with Crippen molar-refractivity contribution in [1.82, 2.24) is 14.9 Å². The van der Waals surface area contributed by atoms with E-state index in [1.165, 1.54) is 25.9 Å². The molecule has 7 heteroatoms. The Morgan fingerprint density at radius 1 is 1.29 bits per heavy atom. The molecule has 1 unspecified atom stereocenters. The fourth-order valence-corrected chi connectivity index (χ4v) is 2.31. The maximum Gasteiger partial charge on any atom is 0.358 e. The fraction of sp³-hybridized carbons (Fsp3) is 0.571. The minimum absolute atomic E-state index is 0.0416. The number of piperidine rings is 1. The standard InChI is InChI=1S/C14H20N4O3/c1-10(13(19)18-6-4-3-5-7-18)16-12-9-15-8-11(17-12)14(20)21-2/h8-10H,3-7H2,1-2H3,(H,16,17). The average molecular weight is 292 g/mol. The number of hydrogen-bond donors (Lipinski definition) is 1. The molecule has 0 aliphatic carbocycles. The lowest BCUT2D eigenvalue weighted by Gasteiger charge is -2.29. The number of ether oxygens (including phenoxy) is 1. The van der Waals surface area contributed by atoms with Crippen molar-refractivity contribution in [2.75, 3.05) is 25.5 Å². The van der Waals surface area contributed by atoms with E-state index in [1.807, 2.05) is 4.90 Å². The van der Waals surface area contributed by atoms with Crippen molar-refractivity contribution in [3.63, 3.8) is 0 Å². The van der Waals surface area contributed by atoms with Crippen LogP contribution in [0, 0.1) is 0 Å². The highest BCUT2D eigenvalue weighted by Crippen LogP contribution is 2.12. The summed E-state index contributed by atoms with van der Waals surface area (Å²) in [6.45, 7) is 3.39. The monoisotopic (exact) mass is 292 g/mol. The van der Waals surface area contributed by atoms with E-state index in [0.717, 1.165) is 25.9 Å². The molecule has 0 radical (unpaired) electrons. The van der Waals surface area contributed by atoms with Crippen LogP contribution >= 0.6 is 0 Å². The van der Waals surface area contributed by atoms with E-state index in [1.54, 1.807) is 6.92 Å². The molecule has 1 saturated heterocycles. The number of esters is 1. The van der Waals surface area contributed by atoms with Crippen molar-refractivity contribution in [2.45, 2.75) is 32.2 Å². The van der Waals surface area contributed by atoms with E-state index in [2.05, 4.69) is 20.0 Å². The van der Waals surface area contributed by atoms with Crippen LogP contribution in [0.25, 0.3) is 0 Å². The fourth-order valence-electron chi connectivity index (χ4n) is 2.31. The summed E-state index contributed by atoms with van der Waals surface area (Å²) in [5.41, 5.74) is 0.111. The molecule has 2 heterocycles. The molecule has 1 atom stereocenters. The van der Waals surface area contributed by atoms with Gasteiger partial charge in [0.05, 0.1) is 19.5 Å². The molecule has 7 nitrogen and oxygen atoms in total. The number of carbonyl (C=O) groups is 2. The Morgan fingerprint density at radius 2 is 2.00 bits per heavy atom. The third-order valence-electron chi connectivity index (χ3n) is 3.43. The number of carbonyl (C=O) groups excluding carboxylic acids is 2. The average Bonchev–Trinajstić information content (AvgIpc) is 2.54. The van der Waals surface area contributed by atoms with Gasteiger partial charge in [-0.1, -0.05) is 0 Å². The van der Waals surface area contributed by atoms with E-state index >= 15 is 0 Å². The molecule has 1 N–H and O–H groups in total. The van der Waals surface area contributed by atoms with Crippen LogP contribution in [-0.2, 0) is 9.53 Å². The van der Waals surface area contributed by atoms with Gasteiger partial charge in [-0.25, -0.2) is 9.78 Å². The predicted molar refractivity (Wildman–Crippen MR) is 76.9 cm³/mol. The SMILES string of the molecule is COC(=O)c1cncc(NC(C)C(=O)N2CCCCC2)n1. The number of amides is 1. The Kier molecular flexibility index (Phi) is 5.08. The number of nitrogens with zero attached hydrogens (tertiary/aromatic N) is 3. The number of anilines is 1. The van der Waals surface area contributed by atoms with Crippen LogP contribution in [0.2, 0.25) is 0 Å². The molecule has 1 aliphatic rings. The molecule has 1 amide bonds. The number of likely N-dealkylation sites (tertiary alicyclic amines) is 1. The first-order valence-corrected chi connectivity index (χ1v) is 7.07. The summed E-state index contributed by atoms with van der Waals surface area (Å²) in [5.74, 6) is -0.128. The van der Waals surface area contributed by atoms with Gasteiger partial charge in [0, 0.05) is 13.1 Å². The second kappa shape index (κ2) is 7.01. The molecule has 1 fully saturated rings. The lowest BCUT2D eigenvalue weighted by molar-refractivity contribution is -0.132. The first kappa shape index (κ1) is 15.2. The molecule has 0 aromatic carbocycles. The van der Waals surface area contributed by atoms with E-state index < -0.39 is 12.0 Å². The lowest BCUT2D eigenvalue weighted by atomic mass is 10.1. The van der Waals surface area contributed by atoms with Crippen LogP contribution in [0.5, 0.6) is 0 Å². The largest absolute Gasteiger partial charge is 0.464 e. The highest BCUT2D eigenvalue weighted by atomic mass is 16.5. The number of nitrogens with one attached hydrogen (secondary N) is 1. The van der Waals surface area contributed by atoms with Gasteiger partial charge in [-0.2, -0.15) is 0 Å². The van der Waals surface area contributed by atoms with Gasteiger partial charge in [0.1, 0.15) is 11.9 Å². The van der Waals surface area contributed by atoms with Crippen LogP contribution in [-0.4, -0.2) is 53.0 Å². The third kappa shape index (κ3) is 3.90. The second-order valence-electron chi connectivity index (χ2n) is 5.03. The number of rotatable bonds is 4. The number of methoxy groups -OCH3 is 1. The maximum atomic E-state index is 12.3. The van der Waals surface area contributed by atoms with Gasteiger partial charge in [-0.3, -0.25) is 9.78 Å². The summed E-state index contributed by atoms with van der Waals surface area (Å²) in [5, 5.41) is 2.99. The van der Waals surface area contributed by atoms with Crippen LogP contribution < -0.4 is 5.32 Å². The first-order valence-electron chi connectivity index (χ1n) is 7.07. The Morgan fingerprint density at radius 3 is 2.67 bits per heavy atom. The smallest absolute Gasteiger partial charge is 0.358 e. The molecule has 114 valence electrons. The molecule has 0 bridgehead atoms. The van der Waals surface area contributed by atoms with E-state index in [4.69, 9.17) is 0 Å². The van der Waals surface area contributed by atoms with Gasteiger partial charge in [-0.15, -0.1) is 0 Å². The van der Waals surface area contributed by atoms with Crippen molar-refractivity contribution in [1.29, 1.82) is 0 Å². The summed E-state index contributed by atoms with van der Waals surface area (Å²) in [4.78, 5) is 33.6. The van der Waals surface area contributed by atoms with Crippen molar-refractivity contribution in [3.05, 3.63) is 18.1 Å². The van der Waals surface area contributed by atoms with Gasteiger partial charge in [0.25, 0.3) is 0 Å². The molecular weight excluding hydrogens is 272 g/mol. The van der Waals surface area contributed by atoms with Crippen LogP contribution in [0.15, 0.2) is 12.4 Å². The Bertz CT molecular complexity index is 515. The maximum absolute atomic E-state index is 12.3. The van der Waals surface area contributed by atoms with Gasteiger partial charge in [-0.05, 0) is 26.2 Å². The molecule has 0 spiro atoms. The summed E-state index contributed by atoms with van der Waals surface area (Å²) in [6, 6.07) is -0.412. The van der Waals surface area contributed by atoms with Crippen LogP contribution in [0.4, 0.5) is 5.82 Å². The molecular formula is C14H20N4O3. The summed E-state index contributed by atoms with van der Waals surface area (Å²) in [6.07, 6.45) is 6.09. The Balaban J connectivity index is 2.00. The molecule has 1 aromatic heterocycles. The molecule has 21 heavy (non-hydrogen) atoms. The summed E-state index contributed by atoms with van der Waals surface area (Å²) in [7, 11) is 1.28. The zero-order valence-electron chi connectivity index (χ0n) is 12.3. The quantitative estimate of drug-likeness (QED) is 0.836. The topological polar surface area (TPSA) is 84.4 Å². The van der Waals surface area contributed by atoms with Crippen molar-refractivity contribution in [2.24, 2.45) is 0 Å². The van der Waals surface area contributed by atoms with E-state index in [-0.39, 0.29) is 11.6 Å². The molecule has 2 rings (SSSR count). The molecule has 1 aliphatic heterocycles. The van der Waals surface area contributed by atoms with Crippen molar-refractivity contribution in [3.8, 4) is 0 Å². The minimum Gasteiger partial charge on any atom is -0.464 e. The van der Waals surface area contributed by atoms with Gasteiger partial charge in [0.15, 0.2) is 5.69 Å². The van der Waals surface area contributed by atoms with E-state index in [0.29, 0.717) is 5.82 Å². The second-order valence-corrected chi connectivity index (χ2v) is 5.03. The van der Waals surface area contributed by atoms with Crippen molar-refractivity contribution >= 4 is 17.7 Å². The van der Waals surface area contributed by atoms with Gasteiger partial charge in [0.2, 0.25) is 5.91 Å². The zero-order chi connectivity index (χ0) is 15.2. The first-order chi connectivity index (χ1) is 10.1. The zero-order valence-corrected chi connectivity index (χ0v) is 12.3. The van der Waals surface area contributed by atoms with Gasteiger partial charge < -0.3 is 15.0 Å². The lowest BCUT2D eigenvalue weighted by Crippen LogP contribution is -2.44. The van der Waals surface area contributed by atoms with Crippen molar-refractivity contribution < 1.29 is 14.3 Å². The van der Waals surface area contributed by atoms with Crippen LogP contribution in [0.1, 0.15) is 36.7 Å². The number of aromatic nitrogens is 2. The minimum atomic E-state index is -0.554. The van der Waals surface area contributed by atoms with Gasteiger partial charge >= 0.3 is 5.97 Å². The molecule has 0 saturated carbocycles.